The molecule has 1 radical (unpaired) electrons. The first-order valence-corrected chi connectivity index (χ1v) is 7.33. The van der Waals surface area contributed by atoms with Crippen LogP contribution >= 0.6 is 22.2 Å². The van der Waals surface area contributed by atoms with Gasteiger partial charge >= 0.3 is 0 Å². The molecule has 0 spiro atoms. The Labute approximate surface area is 74.9 Å². The van der Waals surface area contributed by atoms with Crippen molar-refractivity contribution in [3.05, 3.63) is 0 Å². The van der Waals surface area contributed by atoms with Crippen LogP contribution in [0.15, 0.2) is 0 Å². The third kappa shape index (κ3) is 2.14. The molecule has 61 valence electrons. The first kappa shape index (κ1) is 10.8. The fourth-order valence-corrected chi connectivity index (χ4v) is 4.36. The van der Waals surface area contributed by atoms with Gasteiger partial charge < -0.3 is 0 Å². The van der Waals surface area contributed by atoms with Crippen LogP contribution in [0.5, 0.6) is 0 Å². The largest absolute Gasteiger partial charge is 0.280 e. The van der Waals surface area contributed by atoms with Crippen molar-refractivity contribution in [1.29, 1.82) is 0 Å². The molecule has 0 aliphatic carbocycles. The van der Waals surface area contributed by atoms with Crippen molar-refractivity contribution >= 4 is 29.6 Å². The van der Waals surface area contributed by atoms with E-state index in [9.17, 15) is 0 Å². The van der Waals surface area contributed by atoms with E-state index in [1.807, 2.05) is 0 Å². The summed E-state index contributed by atoms with van der Waals surface area (Å²) in [4.78, 5) is 0. The highest BCUT2D eigenvalue weighted by molar-refractivity contribution is 7.35. The summed E-state index contributed by atoms with van der Waals surface area (Å²) >= 11 is 11.9. The van der Waals surface area contributed by atoms with Crippen LogP contribution in [0.1, 0.15) is 40.0 Å². The molecule has 0 unspecified atom stereocenters. The summed E-state index contributed by atoms with van der Waals surface area (Å²) in [6, 6.07) is 0. The zero-order chi connectivity index (χ0) is 8.20. The minimum absolute atomic E-state index is 0.258. The third-order valence-electron chi connectivity index (χ3n) is 2.43. The SMILES string of the molecule is CCC(CC)(CC)[Si](Cl)Cl. The quantitative estimate of drug-likeness (QED) is 0.474. The Kier molecular flexibility index (Phi) is 5.00. The van der Waals surface area contributed by atoms with Crippen LogP contribution in [0, 0.1) is 0 Å². The van der Waals surface area contributed by atoms with Crippen molar-refractivity contribution in [3.8, 4) is 0 Å². The van der Waals surface area contributed by atoms with Crippen LogP contribution in [-0.4, -0.2) is 7.42 Å². The molecule has 0 aromatic heterocycles. The predicted molar refractivity (Wildman–Crippen MR) is 51.0 cm³/mol. The van der Waals surface area contributed by atoms with Gasteiger partial charge in [0.15, 0.2) is 0 Å². The minimum Gasteiger partial charge on any atom is -0.146 e. The van der Waals surface area contributed by atoms with Gasteiger partial charge in [-0.3, -0.25) is 0 Å². The van der Waals surface area contributed by atoms with Gasteiger partial charge in [-0.15, -0.1) is 22.2 Å². The van der Waals surface area contributed by atoms with E-state index in [2.05, 4.69) is 20.8 Å². The summed E-state index contributed by atoms with van der Waals surface area (Å²) in [7, 11) is -1.14. The maximum absolute atomic E-state index is 5.97. The number of hydrogen-bond acceptors (Lipinski definition) is 0. The van der Waals surface area contributed by atoms with E-state index in [0.717, 1.165) is 19.3 Å². The second-order valence-corrected chi connectivity index (χ2v) is 7.03. The van der Waals surface area contributed by atoms with E-state index in [4.69, 9.17) is 22.2 Å². The fraction of sp³-hybridized carbons (Fsp3) is 1.00. The Morgan fingerprint density at radius 3 is 1.30 bits per heavy atom. The van der Waals surface area contributed by atoms with Gasteiger partial charge in [-0.1, -0.05) is 40.0 Å². The lowest BCUT2D eigenvalue weighted by molar-refractivity contribution is 0.499. The predicted octanol–water partition coefficient (Wildman–Crippen LogP) is 3.92. The zero-order valence-electron chi connectivity index (χ0n) is 6.88. The molecule has 10 heavy (non-hydrogen) atoms. The minimum atomic E-state index is -1.14. The second-order valence-electron chi connectivity index (χ2n) is 2.60. The summed E-state index contributed by atoms with van der Waals surface area (Å²) in [5.41, 5.74) is 0. The van der Waals surface area contributed by atoms with Crippen LogP contribution in [0.25, 0.3) is 0 Å². The summed E-state index contributed by atoms with van der Waals surface area (Å²) in [6.07, 6.45) is 3.34. The van der Waals surface area contributed by atoms with E-state index in [-0.39, 0.29) is 5.04 Å². The van der Waals surface area contributed by atoms with Gasteiger partial charge in [-0.05, 0) is 5.04 Å². The number of rotatable bonds is 4. The average molecular weight is 198 g/mol. The van der Waals surface area contributed by atoms with Crippen molar-refractivity contribution in [2.45, 2.75) is 45.1 Å². The molecule has 0 aromatic carbocycles. The highest BCUT2D eigenvalue weighted by Gasteiger charge is 2.33. The highest BCUT2D eigenvalue weighted by Crippen LogP contribution is 2.44. The topological polar surface area (TPSA) is 0 Å². The molecule has 0 rings (SSSR count). The maximum Gasteiger partial charge on any atom is 0.280 e. The van der Waals surface area contributed by atoms with Gasteiger partial charge in [0.1, 0.15) is 0 Å². The Morgan fingerprint density at radius 1 is 1.00 bits per heavy atom. The fourth-order valence-electron chi connectivity index (χ4n) is 1.15. The molecule has 0 aliphatic heterocycles. The molecule has 0 aliphatic rings. The Hall–Kier alpha value is 0.797. The Bertz CT molecular complexity index is 81.3. The summed E-state index contributed by atoms with van der Waals surface area (Å²) in [5.74, 6) is 0. The molecule has 0 aromatic rings. The lowest BCUT2D eigenvalue weighted by Crippen LogP contribution is -2.21. The molecule has 0 N–H and O–H groups in total. The molecule has 0 saturated heterocycles. The van der Waals surface area contributed by atoms with Gasteiger partial charge in [-0.2, -0.15) is 0 Å². The second kappa shape index (κ2) is 4.63. The molecule has 0 nitrogen and oxygen atoms in total. The zero-order valence-corrected chi connectivity index (χ0v) is 9.39. The van der Waals surface area contributed by atoms with E-state index in [1.165, 1.54) is 0 Å². The molecule has 0 saturated carbocycles. The first-order chi connectivity index (χ1) is 4.63. The van der Waals surface area contributed by atoms with Gasteiger partial charge in [0.05, 0.1) is 0 Å². The van der Waals surface area contributed by atoms with Crippen LogP contribution in [0.3, 0.4) is 0 Å². The monoisotopic (exact) mass is 197 g/mol. The smallest absolute Gasteiger partial charge is 0.146 e. The summed E-state index contributed by atoms with van der Waals surface area (Å²) in [6.45, 7) is 6.51. The molecular weight excluding hydrogens is 183 g/mol. The van der Waals surface area contributed by atoms with Gasteiger partial charge in [-0.25, -0.2) is 0 Å². The standard InChI is InChI=1S/C7H15Cl2Si/c1-4-7(5-2,6-3)10(8)9/h4-6H2,1-3H3. The van der Waals surface area contributed by atoms with Crippen molar-refractivity contribution in [3.63, 3.8) is 0 Å². The molecule has 0 atom stereocenters. The molecule has 3 heteroatoms. The maximum atomic E-state index is 5.97. The molecule has 0 fully saturated rings. The van der Waals surface area contributed by atoms with Crippen molar-refractivity contribution < 1.29 is 0 Å². The van der Waals surface area contributed by atoms with E-state index in [0.29, 0.717) is 0 Å². The average Bonchev–Trinajstić information content (AvgIpc) is 1.92. The molecule has 0 bridgehead atoms. The van der Waals surface area contributed by atoms with Gasteiger partial charge in [0.2, 0.25) is 0 Å². The summed E-state index contributed by atoms with van der Waals surface area (Å²) < 4.78 is 0. The molecule has 0 amide bonds. The van der Waals surface area contributed by atoms with Crippen LogP contribution < -0.4 is 0 Å². The third-order valence-corrected chi connectivity index (χ3v) is 6.70. The van der Waals surface area contributed by atoms with Gasteiger partial charge in [0, 0.05) is 0 Å². The molecule has 0 heterocycles. The first-order valence-electron chi connectivity index (χ1n) is 3.81. The molecular formula is C7H15Cl2Si. The Morgan fingerprint density at radius 2 is 1.30 bits per heavy atom. The lowest BCUT2D eigenvalue weighted by atomic mass is 9.99. The van der Waals surface area contributed by atoms with E-state index < -0.39 is 7.42 Å². The number of hydrogen-bond donors (Lipinski definition) is 0. The van der Waals surface area contributed by atoms with E-state index >= 15 is 0 Å². The van der Waals surface area contributed by atoms with Gasteiger partial charge in [0.25, 0.3) is 7.42 Å². The van der Waals surface area contributed by atoms with Crippen molar-refractivity contribution in [1.82, 2.24) is 0 Å². The van der Waals surface area contributed by atoms with Crippen LogP contribution in [0.2, 0.25) is 5.04 Å². The van der Waals surface area contributed by atoms with Crippen LogP contribution in [-0.2, 0) is 0 Å². The number of halogens is 2. The Balaban J connectivity index is 4.15. The van der Waals surface area contributed by atoms with Crippen LogP contribution in [0.4, 0.5) is 0 Å². The van der Waals surface area contributed by atoms with Crippen molar-refractivity contribution in [2.24, 2.45) is 0 Å². The van der Waals surface area contributed by atoms with E-state index in [1.54, 1.807) is 0 Å². The lowest BCUT2D eigenvalue weighted by Gasteiger charge is -2.29. The van der Waals surface area contributed by atoms with Crippen molar-refractivity contribution in [2.75, 3.05) is 0 Å². The highest BCUT2D eigenvalue weighted by atomic mass is 35.7. The summed E-state index contributed by atoms with van der Waals surface area (Å²) in [5, 5.41) is 0.258. The normalized spacial score (nSPS) is 12.6.